The van der Waals surface area contributed by atoms with Gasteiger partial charge >= 0.3 is 89.6 Å². The summed E-state index contributed by atoms with van der Waals surface area (Å²) in [5.41, 5.74) is 7.20. The number of benzene rings is 4. The zero-order valence-corrected chi connectivity index (χ0v) is 54.4. The van der Waals surface area contributed by atoms with Crippen LogP contribution in [0.15, 0.2) is 171 Å². The van der Waals surface area contributed by atoms with Crippen LogP contribution in [0.5, 0.6) is 0 Å². The van der Waals surface area contributed by atoms with E-state index in [-0.39, 0.29) is 140 Å². The Morgan fingerprint density at radius 3 is 0.679 bits per heavy atom. The first-order valence-electron chi connectivity index (χ1n) is 20.9. The summed E-state index contributed by atoms with van der Waals surface area (Å²) in [5, 5.41) is 0.588. The third-order valence-corrected chi connectivity index (χ3v) is 10.3. The Morgan fingerprint density at radius 1 is 0.381 bits per heavy atom. The Morgan fingerprint density at radius 2 is 0.548 bits per heavy atom. The van der Waals surface area contributed by atoms with Gasteiger partial charge < -0.3 is 34.4 Å². The van der Waals surface area contributed by atoms with Crippen LogP contribution in [0.1, 0.15) is 66.8 Å². The number of hydrogen-bond donors (Lipinski definition) is 2. The van der Waals surface area contributed by atoms with Crippen molar-refractivity contribution in [2.75, 3.05) is 13.3 Å². The topological polar surface area (TPSA) is 280 Å². The minimum atomic E-state index is -0.492. The molecule has 452 valence electrons. The van der Waals surface area contributed by atoms with Gasteiger partial charge in [0.2, 0.25) is 10.6 Å². The molecule has 2 unspecified atom stereocenters. The summed E-state index contributed by atoms with van der Waals surface area (Å²) in [7, 11) is -0.0309. The van der Waals surface area contributed by atoms with Crippen LogP contribution in [0.2, 0.25) is 10.6 Å². The van der Waals surface area contributed by atoms with Crippen LogP contribution < -0.4 is 24.8 Å². The number of nitrogens with zero attached hydrogens (tertiary/aromatic N) is 8. The summed E-state index contributed by atoms with van der Waals surface area (Å²) in [6.07, 6.45) is 14.4. The van der Waals surface area contributed by atoms with E-state index in [2.05, 4.69) is 117 Å². The molecule has 4 aromatic heterocycles. The molecule has 0 fully saturated rings. The van der Waals surface area contributed by atoms with Crippen molar-refractivity contribution >= 4 is 129 Å². The minimum absolute atomic E-state index is 0. The predicted molar refractivity (Wildman–Crippen MR) is 343 cm³/mol. The molecule has 8 rings (SSSR count). The van der Waals surface area contributed by atoms with Crippen LogP contribution in [0.25, 0.3) is 22.8 Å². The van der Waals surface area contributed by atoms with Gasteiger partial charge in [-0.3, -0.25) is 0 Å². The number of halogens is 4. The second-order valence-electron chi connectivity index (χ2n) is 12.6. The summed E-state index contributed by atoms with van der Waals surface area (Å²) < 4.78 is 0. The first kappa shape index (κ1) is 113. The molecule has 4 heterocycles. The molecule has 0 saturated carbocycles. The molecule has 0 saturated heterocycles. The van der Waals surface area contributed by atoms with Crippen molar-refractivity contribution in [2.45, 2.75) is 72.3 Å². The van der Waals surface area contributed by atoms with Crippen LogP contribution in [-0.4, -0.2) is 152 Å². The van der Waals surface area contributed by atoms with Crippen molar-refractivity contribution in [2.24, 2.45) is 0 Å². The fourth-order valence-electron chi connectivity index (χ4n) is 3.80. The quantitative estimate of drug-likeness (QED) is 0.110. The maximum absolute atomic E-state index is 8.12. The number of carbonyl (C=O) groups excluding carboxylic acids is 8. The summed E-state index contributed by atoms with van der Waals surface area (Å²) >= 11 is 10.6. The average molecular weight is 1330 g/mol. The zero-order valence-electron chi connectivity index (χ0n) is 43.4. The number of rotatable bonds is 4. The van der Waals surface area contributed by atoms with Crippen molar-refractivity contribution in [3.05, 3.63) is 216 Å². The summed E-state index contributed by atoms with van der Waals surface area (Å²) in [5.74, 6) is 1.56. The molecule has 0 spiro atoms. The average Bonchev–Trinajstić information content (AvgIpc) is 3.42. The Labute approximate surface area is 561 Å². The van der Waals surface area contributed by atoms with Gasteiger partial charge in [0.15, 0.2) is 11.6 Å². The molecule has 0 aliphatic carbocycles. The van der Waals surface area contributed by atoms with Gasteiger partial charge in [0.25, 0.3) is 0 Å². The third kappa shape index (κ3) is 83.1. The fourth-order valence-corrected chi connectivity index (χ4v) is 4.03. The maximum Gasteiger partial charge on any atom is 2.00 e. The number of hydrogen-bond acceptors (Lipinski definition) is 18. The molecule has 0 aliphatic rings. The molecule has 18 nitrogen and oxygen atoms in total. The first-order chi connectivity index (χ1) is 35.8. The molecule has 0 aliphatic heterocycles. The van der Waals surface area contributed by atoms with Crippen molar-refractivity contribution in [1.82, 2.24) is 39.9 Å². The molecule has 0 radical (unpaired) electrons. The minimum Gasteiger partial charge on any atom is -1.00 e. The predicted octanol–water partition coefficient (Wildman–Crippen LogP) is 3.52. The van der Waals surface area contributed by atoms with Gasteiger partial charge in [-0.05, 0) is 77.6 Å². The molecule has 0 bridgehead atoms. The van der Waals surface area contributed by atoms with Gasteiger partial charge in [0.05, 0.1) is 0 Å². The molecule has 28 heteroatoms. The van der Waals surface area contributed by atoms with Crippen molar-refractivity contribution in [3.63, 3.8) is 0 Å². The van der Waals surface area contributed by atoms with Gasteiger partial charge in [-0.15, -0.1) is 0 Å². The van der Waals surface area contributed by atoms with Crippen LogP contribution in [0.4, 0.5) is 0 Å². The summed E-state index contributed by atoms with van der Waals surface area (Å²) in [6.45, 7) is 12.4. The summed E-state index contributed by atoms with van der Waals surface area (Å²) in [4.78, 5) is 112. The number of aromatic nitrogens is 8. The molecular weight excluding hydrogens is 1250 g/mol. The Balaban J connectivity index is -0.0000000544. The standard InChI is InChI=1S/2C11H10N2.2C7H7.2C4H3ClN2.4CO2.2CH7OPSi.6CH4.2ClH.2Mg/c2*1-9-3-5-10(6-4-9)11-12-7-2-8-13-11;2*1-7-5-3-2-4-6-7;2*5-4-6-2-1-3-7-4;4*2-1-3;2*1-3-4-2;;;;;;;;;;/h2*2-8H,1H3;2*3-6H,1H3;2*1-3H;;;;;2*2-3H,4H2,1H3;6*1H4;2*1H;;/q;;2*-1;;;;;;;;;;;;;;;;;2*+2. The van der Waals surface area contributed by atoms with Gasteiger partial charge in [0, 0.05) is 74.0 Å². The zero-order chi connectivity index (χ0) is 56.3. The van der Waals surface area contributed by atoms with Gasteiger partial charge in [-0.1, -0.05) is 118 Å². The van der Waals surface area contributed by atoms with Crippen molar-refractivity contribution in [3.8, 4) is 22.8 Å². The SMILES string of the molecule is C.C.C.C.C.C.C[PH2+][SiH2]O.C[PH2+][SiH2]O.Cc1cc[c-]cc1.Cc1cc[c-]cc1.Cc1ccc(-c2ncccn2)cc1.Cc1ccc(-c2ncccn2)cc1.Clc1ncccn1.Clc1ncccn1.O=C=O.O=C=O.O=C=O.O=C=O.[Cl-].[Cl-].[Mg+2].[Mg+2]. The smallest absolute Gasteiger partial charge is 1.00 e. The van der Waals surface area contributed by atoms with E-state index in [1.807, 2.05) is 84.9 Å². The van der Waals surface area contributed by atoms with Gasteiger partial charge in [-0.2, -0.15) is 110 Å². The van der Waals surface area contributed by atoms with Crippen LogP contribution >= 0.6 is 39.5 Å². The molecule has 2 atom stereocenters. The maximum atomic E-state index is 8.12. The molecule has 8 aromatic rings. The monoisotopic (exact) mass is 1330 g/mol. The molecular formula is C56H80Cl4Mg2N8O10P2Si2+2. The first-order valence-corrected chi connectivity index (χ1v) is 31.8. The van der Waals surface area contributed by atoms with E-state index >= 15 is 0 Å². The van der Waals surface area contributed by atoms with E-state index in [1.165, 1.54) is 22.3 Å². The molecule has 4 aromatic carbocycles. The second kappa shape index (κ2) is 91.4. The van der Waals surface area contributed by atoms with E-state index < -0.39 is 18.9 Å². The van der Waals surface area contributed by atoms with Crippen LogP contribution in [-0.2, 0) is 38.4 Å². The Hall–Kier alpha value is -5.37. The number of aryl methyl sites for hydroxylation is 4. The van der Waals surface area contributed by atoms with E-state index in [9.17, 15) is 0 Å². The van der Waals surface area contributed by atoms with Gasteiger partial charge in [0.1, 0.15) is 0 Å². The van der Waals surface area contributed by atoms with E-state index in [1.54, 1.807) is 61.7 Å². The van der Waals surface area contributed by atoms with E-state index in [0.717, 1.165) is 22.8 Å². The summed E-state index contributed by atoms with van der Waals surface area (Å²) in [6, 6.07) is 45.1. The fraction of sp³-hybridized carbons (Fsp3) is 0.214. The Bertz CT molecular complexity index is 2340. The van der Waals surface area contributed by atoms with Crippen molar-refractivity contribution in [1.29, 1.82) is 0 Å². The second-order valence-corrected chi connectivity index (χ2v) is 22.7. The van der Waals surface area contributed by atoms with Gasteiger partial charge in [-0.25, -0.2) is 39.9 Å². The largest absolute Gasteiger partial charge is 2.00 e. The van der Waals surface area contributed by atoms with Crippen LogP contribution in [0, 0.1) is 39.8 Å². The van der Waals surface area contributed by atoms with Crippen LogP contribution in [0.3, 0.4) is 0 Å². The molecule has 0 amide bonds. The van der Waals surface area contributed by atoms with E-state index in [0.29, 0.717) is 26.8 Å². The van der Waals surface area contributed by atoms with Crippen molar-refractivity contribution < 1.29 is 72.8 Å². The Kier molecular flexibility index (Phi) is 123. The third-order valence-electron chi connectivity index (χ3n) is 6.95. The van der Waals surface area contributed by atoms with E-state index in [4.69, 9.17) is 71.1 Å². The normalized spacial score (nSPS) is 7.64. The molecule has 84 heavy (non-hydrogen) atoms. The molecule has 2 N–H and O–H groups in total.